The molecule has 10 nitrogen and oxygen atoms in total. The molecule has 2 bridgehead atoms. The molecule has 3 aliphatic rings. The number of esters is 1. The Morgan fingerprint density at radius 3 is 2.56 bits per heavy atom. The Bertz CT molecular complexity index is 1310. The summed E-state index contributed by atoms with van der Waals surface area (Å²) in [5, 5.41) is 5.79. The van der Waals surface area contributed by atoms with E-state index in [1.54, 1.807) is 7.11 Å². The van der Waals surface area contributed by atoms with Crippen LogP contribution in [0.15, 0.2) is 24.4 Å². The Morgan fingerprint density at radius 2 is 1.90 bits per heavy atom. The number of benzene rings is 1. The largest absolute Gasteiger partial charge is 0.467 e. The van der Waals surface area contributed by atoms with Gasteiger partial charge in [0, 0.05) is 18.0 Å². The summed E-state index contributed by atoms with van der Waals surface area (Å²) >= 11 is 0. The number of carbonyl (C=O) groups excluding carboxylic acids is 1. The average molecular weight is 575 g/mol. The Labute approximate surface area is 242 Å². The second-order valence-corrected chi connectivity index (χ2v) is 10.2. The van der Waals surface area contributed by atoms with Gasteiger partial charge in [-0.25, -0.2) is 4.68 Å². The number of carbonyl (C=O) groups is 1. The highest BCUT2D eigenvalue weighted by Gasteiger charge is 2.40. The first-order chi connectivity index (χ1) is 18.0. The van der Waals surface area contributed by atoms with E-state index in [4.69, 9.17) is 19.3 Å². The maximum absolute atomic E-state index is 11.9. The topological polar surface area (TPSA) is 94.8 Å². The smallest absolute Gasteiger partial charge is 0.320 e. The van der Waals surface area contributed by atoms with Gasteiger partial charge in [0.2, 0.25) is 0 Å². The van der Waals surface area contributed by atoms with Crippen molar-refractivity contribution in [1.29, 1.82) is 0 Å². The Kier molecular flexibility index (Phi) is 9.30. The number of fused-ring (bicyclic) bond motifs is 3. The maximum atomic E-state index is 11.9. The number of likely N-dealkylation sites (tertiary alicyclic amines) is 1. The number of morpholine rings is 1. The van der Waals surface area contributed by atoms with Crippen molar-refractivity contribution in [3.05, 3.63) is 35.5 Å². The summed E-state index contributed by atoms with van der Waals surface area (Å²) in [5.74, 6) is 1.83. The number of nitrogens with zero attached hydrogens (tertiary/aromatic N) is 6. The monoisotopic (exact) mass is 574 g/mol. The van der Waals surface area contributed by atoms with E-state index in [0.29, 0.717) is 36.9 Å². The molecule has 0 radical (unpaired) electrons. The van der Waals surface area contributed by atoms with E-state index in [0.717, 1.165) is 62.2 Å². The lowest BCUT2D eigenvalue weighted by Gasteiger charge is -2.32. The Hall–Kier alpha value is -2.54. The van der Waals surface area contributed by atoms with Crippen LogP contribution in [0.1, 0.15) is 43.2 Å². The average Bonchev–Trinajstić information content (AvgIpc) is 3.64. The van der Waals surface area contributed by atoms with Crippen molar-refractivity contribution in [2.45, 2.75) is 51.2 Å². The second-order valence-electron chi connectivity index (χ2n) is 10.2. The van der Waals surface area contributed by atoms with Gasteiger partial charge in [0.25, 0.3) is 0 Å². The molecule has 212 valence electrons. The minimum absolute atomic E-state index is 0. The fourth-order valence-electron chi connectivity index (χ4n) is 6.05. The van der Waals surface area contributed by atoms with Crippen LogP contribution in [-0.4, -0.2) is 89.3 Å². The number of methoxy groups -OCH3 is 1. The van der Waals surface area contributed by atoms with Gasteiger partial charge in [0.15, 0.2) is 5.82 Å². The molecule has 12 heteroatoms. The molecule has 2 atom stereocenters. The fourth-order valence-corrected chi connectivity index (χ4v) is 6.05. The summed E-state index contributed by atoms with van der Waals surface area (Å²) in [5.41, 5.74) is 3.62. The van der Waals surface area contributed by atoms with Crippen molar-refractivity contribution in [3.63, 3.8) is 0 Å². The molecule has 2 aromatic heterocycles. The van der Waals surface area contributed by atoms with Crippen molar-refractivity contribution in [1.82, 2.24) is 24.6 Å². The van der Waals surface area contributed by atoms with Gasteiger partial charge in [-0.15, -0.1) is 0 Å². The molecule has 3 aliphatic heterocycles. The van der Waals surface area contributed by atoms with E-state index in [2.05, 4.69) is 38.8 Å². The van der Waals surface area contributed by atoms with Crippen LogP contribution in [0.2, 0.25) is 0 Å². The van der Waals surface area contributed by atoms with Crippen molar-refractivity contribution >= 4 is 49.7 Å². The molecule has 6 rings (SSSR count). The van der Waals surface area contributed by atoms with Crippen LogP contribution in [0, 0.1) is 6.92 Å². The predicted octanol–water partition coefficient (Wildman–Crippen LogP) is 3.08. The van der Waals surface area contributed by atoms with Gasteiger partial charge in [-0.3, -0.25) is 9.69 Å². The minimum atomic E-state index is -0.142. The summed E-state index contributed by atoms with van der Waals surface area (Å²) in [6, 6.07) is 7.17. The highest BCUT2D eigenvalue weighted by molar-refractivity contribution is 7.59. The summed E-state index contributed by atoms with van der Waals surface area (Å²) in [4.78, 5) is 25.7. The predicted molar refractivity (Wildman–Crippen MR) is 159 cm³/mol. The molecule has 39 heavy (non-hydrogen) atoms. The van der Waals surface area contributed by atoms with Crippen molar-refractivity contribution in [2.24, 2.45) is 0 Å². The number of hydrogen-bond acceptors (Lipinski definition) is 9. The molecule has 5 heterocycles. The van der Waals surface area contributed by atoms with E-state index in [1.165, 1.54) is 11.1 Å². The lowest BCUT2D eigenvalue weighted by Crippen LogP contribution is -2.37. The molecule has 3 aromatic rings. The zero-order valence-electron chi connectivity index (χ0n) is 22.7. The lowest BCUT2D eigenvalue weighted by molar-refractivity contribution is -0.144. The van der Waals surface area contributed by atoms with Crippen molar-refractivity contribution < 1.29 is 19.0 Å². The van der Waals surface area contributed by atoms with E-state index >= 15 is 0 Å². The SMILES string of the molecule is CCOC(=O)CN1CCC(c2cc3c(cnn3-c3cc(N4CC5CC4CO5)nc(OC)n3)cc2C)CC1.S.S. The quantitative estimate of drug-likeness (QED) is 0.395. The Morgan fingerprint density at radius 1 is 1.13 bits per heavy atom. The number of rotatable bonds is 7. The molecule has 1 aromatic carbocycles. The van der Waals surface area contributed by atoms with Gasteiger partial charge in [0.05, 0.1) is 50.7 Å². The van der Waals surface area contributed by atoms with Crippen LogP contribution in [0.3, 0.4) is 0 Å². The first-order valence-corrected chi connectivity index (χ1v) is 13.2. The number of anilines is 1. The second kappa shape index (κ2) is 12.3. The number of piperidine rings is 1. The van der Waals surface area contributed by atoms with Gasteiger partial charge < -0.3 is 19.1 Å². The molecule has 0 aliphatic carbocycles. The summed E-state index contributed by atoms with van der Waals surface area (Å²) < 4.78 is 18.3. The Balaban J connectivity index is 0.00000176. The number of aromatic nitrogens is 4. The van der Waals surface area contributed by atoms with E-state index in [9.17, 15) is 4.79 Å². The molecular weight excluding hydrogens is 536 g/mol. The molecule has 0 amide bonds. The van der Waals surface area contributed by atoms with Crippen LogP contribution in [0.5, 0.6) is 6.01 Å². The minimum Gasteiger partial charge on any atom is -0.467 e. The summed E-state index contributed by atoms with van der Waals surface area (Å²) in [6.07, 6.45) is 5.21. The first-order valence-electron chi connectivity index (χ1n) is 13.2. The third-order valence-corrected chi connectivity index (χ3v) is 7.91. The number of aryl methyl sites for hydroxylation is 1. The van der Waals surface area contributed by atoms with E-state index in [1.807, 2.05) is 23.9 Å². The van der Waals surface area contributed by atoms with Crippen molar-refractivity contribution in [2.75, 3.05) is 51.4 Å². The number of ether oxygens (including phenoxy) is 3. The van der Waals surface area contributed by atoms with Gasteiger partial charge in [-0.2, -0.15) is 42.1 Å². The zero-order valence-corrected chi connectivity index (χ0v) is 24.7. The van der Waals surface area contributed by atoms with Gasteiger partial charge in [-0.05, 0) is 75.4 Å². The fraction of sp³-hybridized carbons (Fsp3) is 0.556. The molecule has 0 spiro atoms. The standard InChI is InChI=1S/C27H34N6O4.2H2S/c1-4-36-26(34)15-31-7-5-18(6-8-31)22-11-23-19(9-17(22)2)13-28-33(23)25-12-24(29-27(30-25)35-3)32-14-21-10-20(32)16-37-21;;/h9,11-13,18,20-21H,4-8,10,14-16H2,1-3H3;2*1H2. The van der Waals surface area contributed by atoms with E-state index < -0.39 is 0 Å². The van der Waals surface area contributed by atoms with Crippen molar-refractivity contribution in [3.8, 4) is 11.8 Å². The maximum Gasteiger partial charge on any atom is 0.320 e. The van der Waals surface area contributed by atoms with Gasteiger partial charge >= 0.3 is 12.0 Å². The third kappa shape index (κ3) is 5.84. The molecule has 0 saturated carbocycles. The highest BCUT2D eigenvalue weighted by atomic mass is 32.1. The van der Waals surface area contributed by atoms with E-state index in [-0.39, 0.29) is 39.1 Å². The summed E-state index contributed by atoms with van der Waals surface area (Å²) in [6.45, 7) is 8.15. The zero-order chi connectivity index (χ0) is 25.5. The molecule has 3 saturated heterocycles. The molecular formula is C27H38N6O4S2. The lowest BCUT2D eigenvalue weighted by atomic mass is 9.86. The molecule has 0 N–H and O–H groups in total. The normalized spacial score (nSPS) is 21.1. The molecule has 2 unspecified atom stereocenters. The van der Waals surface area contributed by atoms with Gasteiger partial charge in [0.1, 0.15) is 5.82 Å². The molecule has 3 fully saturated rings. The van der Waals surface area contributed by atoms with Crippen LogP contribution >= 0.6 is 27.0 Å². The van der Waals surface area contributed by atoms with Crippen LogP contribution in [-0.2, 0) is 14.3 Å². The van der Waals surface area contributed by atoms with Crippen LogP contribution < -0.4 is 9.64 Å². The third-order valence-electron chi connectivity index (χ3n) is 7.91. The highest BCUT2D eigenvalue weighted by Crippen LogP contribution is 2.35. The van der Waals surface area contributed by atoms with Crippen LogP contribution in [0.4, 0.5) is 5.82 Å². The number of hydrogen-bond donors (Lipinski definition) is 0. The first kappa shape index (κ1) is 29.4. The van der Waals surface area contributed by atoms with Gasteiger partial charge in [-0.1, -0.05) is 0 Å². The van der Waals surface area contributed by atoms with Crippen LogP contribution in [0.25, 0.3) is 16.7 Å². The summed E-state index contributed by atoms with van der Waals surface area (Å²) in [7, 11) is 1.60.